The third kappa shape index (κ3) is 4.53. The van der Waals surface area contributed by atoms with E-state index < -0.39 is 64.4 Å². The van der Waals surface area contributed by atoms with E-state index in [1.807, 2.05) is 4.98 Å². The summed E-state index contributed by atoms with van der Waals surface area (Å²) in [5.41, 5.74) is 6.47. The van der Waals surface area contributed by atoms with Crippen molar-refractivity contribution < 1.29 is 33.0 Å². The molecule has 1 aromatic heterocycles. The second-order valence-electron chi connectivity index (χ2n) is 9.56. The average Bonchev–Trinajstić information content (AvgIpc) is 3.35. The number of nitrogens with two attached hydrogens (primary N) is 2. The van der Waals surface area contributed by atoms with Gasteiger partial charge in [-0.2, -0.15) is 13.2 Å². The molecule has 0 radical (unpaired) electrons. The van der Waals surface area contributed by atoms with Crippen molar-refractivity contribution in [3.05, 3.63) is 68.0 Å². The summed E-state index contributed by atoms with van der Waals surface area (Å²) in [4.78, 5) is 62.2. The minimum Gasteiger partial charge on any atom is -0.370 e. The molecule has 16 nitrogen and oxygen atoms in total. The number of nitrogens with zero attached hydrogens (tertiary/aromatic N) is 3. The van der Waals surface area contributed by atoms with Crippen LogP contribution in [0.2, 0.25) is 0 Å². The summed E-state index contributed by atoms with van der Waals surface area (Å²) in [7, 11) is 0. The van der Waals surface area contributed by atoms with Gasteiger partial charge in [-0.3, -0.25) is 19.4 Å². The summed E-state index contributed by atoms with van der Waals surface area (Å²) in [5, 5.41) is 30.3. The first kappa shape index (κ1) is 27.6. The molecule has 2 aromatic rings. The van der Waals surface area contributed by atoms with Gasteiger partial charge in [0.25, 0.3) is 17.4 Å². The molecule has 1 fully saturated rings. The van der Waals surface area contributed by atoms with Gasteiger partial charge < -0.3 is 47.5 Å². The number of alkyl halides is 3. The lowest BCUT2D eigenvalue weighted by Gasteiger charge is -2.49. The van der Waals surface area contributed by atoms with Gasteiger partial charge in [-0.15, -0.1) is 0 Å². The number of halogens is 3. The summed E-state index contributed by atoms with van der Waals surface area (Å²) in [6.45, 7) is -0.698. The van der Waals surface area contributed by atoms with E-state index in [9.17, 15) is 42.6 Å². The van der Waals surface area contributed by atoms with Crippen LogP contribution in [0.4, 0.5) is 13.2 Å². The molecule has 1 aromatic carbocycles. The fourth-order valence-corrected chi connectivity index (χ4v) is 5.21. The van der Waals surface area contributed by atoms with Crippen LogP contribution in [-0.2, 0) is 6.18 Å². The standard InChI is InChI=1S/C22H23F3N10O6/c23-22(24,25)9-3-1-2-8(4-9)15(37)31-12-7-35-18(27)29-11(14-20(35,21(12,40)41)34-17(26)33-14)6-28-16(38)10-5-13(36)32-19(39)30-10/h1-5,11-12,14,40-41H,6-7H2,(H2,27,29)(H,28,38)(H,31,37)(H3,26,33,34)(H2,30,32,36,39). The Morgan fingerprint density at radius 3 is 2.54 bits per heavy atom. The quantitative estimate of drug-likeness (QED) is 0.156. The van der Waals surface area contributed by atoms with Crippen LogP contribution < -0.4 is 38.7 Å². The number of nitrogens with one attached hydrogen (secondary N) is 5. The van der Waals surface area contributed by atoms with Gasteiger partial charge >= 0.3 is 11.9 Å². The topological polar surface area (TPSA) is 256 Å². The second-order valence-corrected chi connectivity index (χ2v) is 9.56. The molecular weight excluding hydrogens is 557 g/mol. The molecule has 3 aliphatic rings. The predicted molar refractivity (Wildman–Crippen MR) is 133 cm³/mol. The number of H-pyrrole nitrogens is 2. The number of benzene rings is 1. The number of aliphatic hydroxyl groups is 2. The SMILES string of the molecule is NC1=NC2C(CNC(=O)c3cc(=O)[nH]c(=O)[nH]3)N=C(N)N3CC(NC(=O)c4cccc(C(F)(F)F)c4)C(O)(O)C23N1. The van der Waals surface area contributed by atoms with Gasteiger partial charge in [0.2, 0.25) is 5.79 Å². The molecule has 0 aliphatic carbocycles. The zero-order valence-electron chi connectivity index (χ0n) is 20.7. The molecule has 41 heavy (non-hydrogen) atoms. The Labute approximate surface area is 226 Å². The van der Waals surface area contributed by atoms with Crippen molar-refractivity contribution >= 4 is 23.7 Å². The number of amides is 2. The molecule has 5 rings (SSSR count). The lowest BCUT2D eigenvalue weighted by atomic mass is 9.85. The molecule has 4 atom stereocenters. The molecular formula is C22H23F3N10O6. The number of rotatable bonds is 5. The van der Waals surface area contributed by atoms with Gasteiger partial charge in [0.1, 0.15) is 17.8 Å². The van der Waals surface area contributed by atoms with E-state index in [4.69, 9.17) is 11.5 Å². The Morgan fingerprint density at radius 2 is 1.85 bits per heavy atom. The molecule has 1 saturated heterocycles. The molecule has 0 bridgehead atoms. The van der Waals surface area contributed by atoms with E-state index in [1.165, 1.54) is 4.90 Å². The number of carbonyl (C=O) groups excluding carboxylic acids is 2. The lowest BCUT2D eigenvalue weighted by Crippen LogP contribution is -2.78. The highest BCUT2D eigenvalue weighted by atomic mass is 19.4. The minimum atomic E-state index is -4.71. The van der Waals surface area contributed by atoms with E-state index >= 15 is 0 Å². The fourth-order valence-electron chi connectivity index (χ4n) is 5.21. The van der Waals surface area contributed by atoms with Crippen molar-refractivity contribution in [3.8, 4) is 0 Å². The van der Waals surface area contributed by atoms with Crippen molar-refractivity contribution in [1.82, 2.24) is 30.8 Å². The maximum Gasteiger partial charge on any atom is 0.416 e. The highest BCUT2D eigenvalue weighted by Gasteiger charge is 2.73. The van der Waals surface area contributed by atoms with Crippen LogP contribution in [0.5, 0.6) is 0 Å². The van der Waals surface area contributed by atoms with E-state index in [0.29, 0.717) is 6.07 Å². The normalized spacial score (nSPS) is 26.3. The largest absolute Gasteiger partial charge is 0.416 e. The number of guanidine groups is 2. The third-order valence-corrected chi connectivity index (χ3v) is 7.04. The van der Waals surface area contributed by atoms with Gasteiger partial charge in [0.15, 0.2) is 17.6 Å². The van der Waals surface area contributed by atoms with Crippen molar-refractivity contribution in [2.45, 2.75) is 35.8 Å². The van der Waals surface area contributed by atoms with Gasteiger partial charge in [-0.25, -0.2) is 14.8 Å². The Hall–Kier alpha value is -4.91. The highest BCUT2D eigenvalue weighted by molar-refractivity contribution is 5.95. The summed E-state index contributed by atoms with van der Waals surface area (Å²) >= 11 is 0. The second kappa shape index (κ2) is 9.34. The summed E-state index contributed by atoms with van der Waals surface area (Å²) < 4.78 is 39.4. The maximum atomic E-state index is 13.1. The molecule has 0 saturated carbocycles. The molecule has 3 aliphatic heterocycles. The highest BCUT2D eigenvalue weighted by Crippen LogP contribution is 2.44. The molecule has 11 N–H and O–H groups in total. The maximum absolute atomic E-state index is 13.1. The Kier molecular flexibility index (Phi) is 6.30. The summed E-state index contributed by atoms with van der Waals surface area (Å²) in [5.74, 6) is -5.29. The zero-order valence-corrected chi connectivity index (χ0v) is 20.7. The van der Waals surface area contributed by atoms with E-state index in [-0.39, 0.29) is 36.3 Å². The molecule has 4 heterocycles. The van der Waals surface area contributed by atoms with E-state index in [1.54, 1.807) is 0 Å². The van der Waals surface area contributed by atoms with Crippen LogP contribution in [-0.4, -0.2) is 91.5 Å². The zero-order chi connectivity index (χ0) is 29.9. The number of aromatic amines is 2. The summed E-state index contributed by atoms with van der Waals surface area (Å²) in [6, 6.07) is 0.579. The Morgan fingerprint density at radius 1 is 1.12 bits per heavy atom. The molecule has 2 amide bonds. The molecule has 4 unspecified atom stereocenters. The number of aromatic nitrogens is 2. The van der Waals surface area contributed by atoms with E-state index in [2.05, 4.69) is 30.9 Å². The summed E-state index contributed by atoms with van der Waals surface area (Å²) in [6.07, 6.45) is -4.71. The first-order valence-electron chi connectivity index (χ1n) is 11.9. The smallest absolute Gasteiger partial charge is 0.370 e. The van der Waals surface area contributed by atoms with Gasteiger partial charge in [-0.05, 0) is 18.2 Å². The first-order valence-corrected chi connectivity index (χ1v) is 11.9. The van der Waals surface area contributed by atoms with Crippen molar-refractivity contribution in [2.75, 3.05) is 13.1 Å². The Balaban J connectivity index is 1.40. The van der Waals surface area contributed by atoms with Crippen molar-refractivity contribution in [3.63, 3.8) is 0 Å². The van der Waals surface area contributed by atoms with Crippen LogP contribution in [0, 0.1) is 0 Å². The number of carbonyl (C=O) groups is 2. The van der Waals surface area contributed by atoms with Crippen molar-refractivity contribution in [1.29, 1.82) is 0 Å². The van der Waals surface area contributed by atoms with Crippen LogP contribution in [0.1, 0.15) is 26.4 Å². The van der Waals surface area contributed by atoms with Gasteiger partial charge in [-0.1, -0.05) is 6.07 Å². The lowest BCUT2D eigenvalue weighted by molar-refractivity contribution is -0.230. The Bertz CT molecular complexity index is 1570. The number of hydrogen-bond donors (Lipinski definition) is 9. The van der Waals surface area contributed by atoms with Gasteiger partial charge in [0.05, 0.1) is 11.6 Å². The molecule has 1 spiro atoms. The van der Waals surface area contributed by atoms with Crippen LogP contribution in [0.3, 0.4) is 0 Å². The molecule has 19 heteroatoms. The van der Waals surface area contributed by atoms with E-state index in [0.717, 1.165) is 24.3 Å². The minimum absolute atomic E-state index is 0.252. The van der Waals surface area contributed by atoms with Crippen LogP contribution in [0.25, 0.3) is 0 Å². The average molecular weight is 580 g/mol. The van der Waals surface area contributed by atoms with Crippen LogP contribution in [0.15, 0.2) is 49.9 Å². The van der Waals surface area contributed by atoms with Crippen LogP contribution >= 0.6 is 0 Å². The predicted octanol–water partition coefficient (Wildman–Crippen LogP) is -3.71. The van der Waals surface area contributed by atoms with Gasteiger partial charge in [0, 0.05) is 24.7 Å². The number of aliphatic imine (C=N–C) groups is 2. The molecule has 218 valence electrons. The van der Waals surface area contributed by atoms with Crippen molar-refractivity contribution in [2.24, 2.45) is 21.5 Å². The first-order chi connectivity index (χ1) is 19.1. The fraction of sp³-hybridized carbons (Fsp3) is 0.364. The third-order valence-electron chi connectivity index (χ3n) is 7.04. The monoisotopic (exact) mass is 580 g/mol. The number of hydrogen-bond acceptors (Lipinski definition) is 12.